The monoisotopic (exact) mass is 250 g/mol. The molecule has 1 aromatic rings. The Labute approximate surface area is 103 Å². The van der Waals surface area contributed by atoms with Crippen LogP contribution in [-0.4, -0.2) is 12.3 Å². The Balaban J connectivity index is 3.02. The third kappa shape index (κ3) is 3.42. The van der Waals surface area contributed by atoms with E-state index in [0.29, 0.717) is 6.61 Å². The lowest BCUT2D eigenvalue weighted by Gasteiger charge is -2.22. The van der Waals surface area contributed by atoms with Crippen molar-refractivity contribution in [3.8, 4) is 0 Å². The SMILES string of the molecule is C=CC(C)P(=O)(OC/C=C/C)c1ccccc1. The van der Waals surface area contributed by atoms with Gasteiger partial charge in [0.25, 0.3) is 0 Å². The van der Waals surface area contributed by atoms with Crippen LogP contribution in [0.1, 0.15) is 13.8 Å². The lowest BCUT2D eigenvalue weighted by molar-refractivity contribution is 0.357. The number of benzene rings is 1. The third-order valence-corrected chi connectivity index (χ3v) is 5.43. The van der Waals surface area contributed by atoms with E-state index in [1.165, 1.54) is 0 Å². The Hall–Kier alpha value is -1.11. The highest BCUT2D eigenvalue weighted by Crippen LogP contribution is 2.50. The number of hydrogen-bond donors (Lipinski definition) is 0. The summed E-state index contributed by atoms with van der Waals surface area (Å²) in [6, 6.07) is 9.33. The predicted molar refractivity (Wildman–Crippen MR) is 74.1 cm³/mol. The average molecular weight is 250 g/mol. The van der Waals surface area contributed by atoms with Crippen LogP contribution in [0.5, 0.6) is 0 Å². The molecule has 92 valence electrons. The quantitative estimate of drug-likeness (QED) is 0.567. The number of rotatable bonds is 6. The van der Waals surface area contributed by atoms with Crippen molar-refractivity contribution in [2.45, 2.75) is 19.5 Å². The maximum Gasteiger partial charge on any atom is 0.238 e. The van der Waals surface area contributed by atoms with Gasteiger partial charge in [-0.15, -0.1) is 6.58 Å². The lowest BCUT2D eigenvalue weighted by atomic mass is 10.4. The minimum atomic E-state index is -2.86. The van der Waals surface area contributed by atoms with Crippen molar-refractivity contribution in [3.05, 3.63) is 55.1 Å². The van der Waals surface area contributed by atoms with Crippen LogP contribution < -0.4 is 5.30 Å². The summed E-state index contributed by atoms with van der Waals surface area (Å²) in [5, 5.41) is 0.747. The normalized spacial score (nSPS) is 16.6. The summed E-state index contributed by atoms with van der Waals surface area (Å²) >= 11 is 0. The molecule has 0 amide bonds. The second-order valence-corrected chi connectivity index (χ2v) is 6.56. The van der Waals surface area contributed by atoms with Gasteiger partial charge in [-0.05, 0) is 26.0 Å². The summed E-state index contributed by atoms with van der Waals surface area (Å²) in [7, 11) is -2.86. The summed E-state index contributed by atoms with van der Waals surface area (Å²) in [4.78, 5) is 0. The van der Waals surface area contributed by atoms with Gasteiger partial charge in [-0.3, -0.25) is 4.57 Å². The van der Waals surface area contributed by atoms with Crippen molar-refractivity contribution in [3.63, 3.8) is 0 Å². The van der Waals surface area contributed by atoms with Crippen molar-refractivity contribution in [1.82, 2.24) is 0 Å². The summed E-state index contributed by atoms with van der Waals surface area (Å²) < 4.78 is 18.5. The van der Waals surface area contributed by atoms with E-state index >= 15 is 0 Å². The van der Waals surface area contributed by atoms with Crippen molar-refractivity contribution in [2.24, 2.45) is 0 Å². The van der Waals surface area contributed by atoms with E-state index in [2.05, 4.69) is 6.58 Å². The van der Waals surface area contributed by atoms with Gasteiger partial charge in [0, 0.05) is 5.30 Å². The fourth-order valence-electron chi connectivity index (χ4n) is 1.45. The zero-order valence-electron chi connectivity index (χ0n) is 10.4. The van der Waals surface area contributed by atoms with Gasteiger partial charge >= 0.3 is 0 Å². The molecule has 0 heterocycles. The molecule has 1 aromatic carbocycles. The Morgan fingerprint density at radius 2 is 2.06 bits per heavy atom. The molecule has 0 aliphatic heterocycles. The van der Waals surface area contributed by atoms with Crippen LogP contribution in [0.4, 0.5) is 0 Å². The average Bonchev–Trinajstić information content (AvgIpc) is 2.39. The standard InChI is InChI=1S/C14H19O2P/c1-4-6-12-16-17(15,13(3)5-2)14-10-8-7-9-11-14/h4-11,13H,2,12H2,1,3H3/b6-4+. The molecule has 0 radical (unpaired) electrons. The molecule has 0 saturated carbocycles. The summed E-state index contributed by atoms with van der Waals surface area (Å²) in [6.07, 6.45) is 5.42. The van der Waals surface area contributed by atoms with Crippen molar-refractivity contribution < 1.29 is 9.09 Å². The van der Waals surface area contributed by atoms with Crippen LogP contribution in [-0.2, 0) is 9.09 Å². The molecule has 17 heavy (non-hydrogen) atoms. The van der Waals surface area contributed by atoms with Crippen molar-refractivity contribution in [1.29, 1.82) is 0 Å². The predicted octanol–water partition coefficient (Wildman–Crippen LogP) is 3.76. The molecule has 0 fully saturated rings. The topological polar surface area (TPSA) is 26.3 Å². The van der Waals surface area contributed by atoms with Gasteiger partial charge in [0.05, 0.1) is 12.3 Å². The minimum absolute atomic E-state index is 0.185. The van der Waals surface area contributed by atoms with E-state index in [-0.39, 0.29) is 5.66 Å². The van der Waals surface area contributed by atoms with Crippen LogP contribution in [0, 0.1) is 0 Å². The first-order chi connectivity index (χ1) is 8.15. The first kappa shape index (κ1) is 14.0. The Kier molecular flexibility index (Phi) is 5.40. The summed E-state index contributed by atoms with van der Waals surface area (Å²) in [5.74, 6) is 0. The molecule has 0 spiro atoms. The fourth-order valence-corrected chi connectivity index (χ4v) is 3.48. The van der Waals surface area contributed by atoms with Crippen LogP contribution in [0.3, 0.4) is 0 Å². The highest BCUT2D eigenvalue weighted by atomic mass is 31.2. The smallest absolute Gasteiger partial charge is 0.238 e. The molecule has 2 unspecified atom stereocenters. The van der Waals surface area contributed by atoms with Crippen LogP contribution in [0.25, 0.3) is 0 Å². The molecular formula is C14H19O2P. The highest BCUT2D eigenvalue weighted by molar-refractivity contribution is 7.67. The van der Waals surface area contributed by atoms with E-state index < -0.39 is 7.37 Å². The minimum Gasteiger partial charge on any atom is -0.321 e. The van der Waals surface area contributed by atoms with Crippen molar-refractivity contribution >= 4 is 12.7 Å². The van der Waals surface area contributed by atoms with Crippen LogP contribution >= 0.6 is 7.37 Å². The molecule has 0 aromatic heterocycles. The van der Waals surface area contributed by atoms with Crippen LogP contribution in [0.15, 0.2) is 55.1 Å². The molecule has 0 saturated heterocycles. The van der Waals surface area contributed by atoms with Crippen molar-refractivity contribution in [2.75, 3.05) is 6.61 Å². The van der Waals surface area contributed by atoms with E-state index in [1.54, 1.807) is 6.08 Å². The van der Waals surface area contributed by atoms with Gasteiger partial charge in [0.15, 0.2) is 0 Å². The molecule has 2 atom stereocenters. The summed E-state index contributed by atoms with van der Waals surface area (Å²) in [5.41, 5.74) is -0.185. The van der Waals surface area contributed by atoms with E-state index in [0.717, 1.165) is 5.30 Å². The van der Waals surface area contributed by atoms with Gasteiger partial charge in [-0.25, -0.2) is 0 Å². The first-order valence-electron chi connectivity index (χ1n) is 5.68. The second-order valence-electron chi connectivity index (χ2n) is 3.77. The Morgan fingerprint density at radius 3 is 2.59 bits per heavy atom. The van der Waals surface area contributed by atoms with Gasteiger partial charge in [0.1, 0.15) is 0 Å². The molecule has 2 nitrogen and oxygen atoms in total. The largest absolute Gasteiger partial charge is 0.321 e. The number of allylic oxidation sites excluding steroid dienone is 2. The zero-order valence-corrected chi connectivity index (χ0v) is 11.3. The lowest BCUT2D eigenvalue weighted by Crippen LogP contribution is -2.15. The molecular weight excluding hydrogens is 231 g/mol. The number of hydrogen-bond acceptors (Lipinski definition) is 2. The van der Waals surface area contributed by atoms with Gasteiger partial charge in [-0.2, -0.15) is 0 Å². The first-order valence-corrected chi connectivity index (χ1v) is 7.38. The van der Waals surface area contributed by atoms with Gasteiger partial charge < -0.3 is 4.52 Å². The maximum atomic E-state index is 12.9. The summed E-state index contributed by atoms with van der Waals surface area (Å²) in [6.45, 7) is 7.85. The Bertz CT molecular complexity index is 423. The molecule has 0 N–H and O–H groups in total. The van der Waals surface area contributed by atoms with Crippen LogP contribution in [0.2, 0.25) is 0 Å². The molecule has 1 rings (SSSR count). The third-order valence-electron chi connectivity index (χ3n) is 2.59. The molecule has 0 aliphatic rings. The molecule has 0 bridgehead atoms. The second kappa shape index (κ2) is 6.58. The van der Waals surface area contributed by atoms with E-state index in [9.17, 15) is 4.57 Å². The fraction of sp³-hybridized carbons (Fsp3) is 0.286. The van der Waals surface area contributed by atoms with E-state index in [4.69, 9.17) is 4.52 Å². The van der Waals surface area contributed by atoms with E-state index in [1.807, 2.05) is 56.3 Å². The molecule has 0 aliphatic carbocycles. The zero-order chi connectivity index (χ0) is 12.7. The molecule has 3 heteroatoms. The van der Waals surface area contributed by atoms with Gasteiger partial charge in [-0.1, -0.05) is 36.4 Å². The highest BCUT2D eigenvalue weighted by Gasteiger charge is 2.30. The van der Waals surface area contributed by atoms with Gasteiger partial charge in [0.2, 0.25) is 7.37 Å². The Morgan fingerprint density at radius 1 is 1.41 bits per heavy atom. The maximum absolute atomic E-state index is 12.9.